The second-order valence-corrected chi connectivity index (χ2v) is 7.43. The molecule has 4 heteroatoms. The van der Waals surface area contributed by atoms with Gasteiger partial charge in [-0.1, -0.05) is 54.6 Å². The molecule has 0 atom stereocenters. The third-order valence-corrected chi connectivity index (χ3v) is 5.33. The Labute approximate surface area is 174 Å². The number of fused-ring (bicyclic) bond motifs is 1. The summed E-state index contributed by atoms with van der Waals surface area (Å²) in [5.41, 5.74) is 5.10. The van der Waals surface area contributed by atoms with Crippen LogP contribution in [0.2, 0.25) is 0 Å². The first-order valence-corrected chi connectivity index (χ1v) is 9.80. The van der Waals surface area contributed by atoms with Crippen LogP contribution in [0.3, 0.4) is 0 Å². The summed E-state index contributed by atoms with van der Waals surface area (Å²) in [4.78, 5) is 24.7. The van der Waals surface area contributed by atoms with E-state index in [0.29, 0.717) is 22.5 Å². The van der Waals surface area contributed by atoms with E-state index in [1.54, 1.807) is 13.0 Å². The Bertz CT molecular complexity index is 1280. The number of carbonyl (C=O) groups is 1. The molecule has 0 aliphatic carbocycles. The minimum atomic E-state index is -0.355. The van der Waals surface area contributed by atoms with E-state index in [9.17, 15) is 9.59 Å². The molecule has 30 heavy (non-hydrogen) atoms. The second kappa shape index (κ2) is 7.99. The molecule has 0 aliphatic rings. The number of hydrogen-bond acceptors (Lipinski definition) is 4. The molecule has 0 aliphatic heterocycles. The summed E-state index contributed by atoms with van der Waals surface area (Å²) < 4.78 is 11.3. The summed E-state index contributed by atoms with van der Waals surface area (Å²) in [6.45, 7) is 5.39. The monoisotopic (exact) mass is 398 g/mol. The van der Waals surface area contributed by atoms with Crippen LogP contribution in [-0.4, -0.2) is 12.4 Å². The van der Waals surface area contributed by atoms with E-state index in [1.165, 1.54) is 0 Å². The van der Waals surface area contributed by atoms with E-state index < -0.39 is 0 Å². The summed E-state index contributed by atoms with van der Waals surface area (Å²) in [5, 5.41) is 0.727. The molecular weight excluding hydrogens is 376 g/mol. The van der Waals surface area contributed by atoms with Crippen LogP contribution in [0.5, 0.6) is 5.75 Å². The van der Waals surface area contributed by atoms with Crippen LogP contribution < -0.4 is 10.4 Å². The zero-order valence-electron chi connectivity index (χ0n) is 17.2. The van der Waals surface area contributed by atoms with E-state index in [2.05, 4.69) is 0 Å². The molecular formula is C26H22O4. The van der Waals surface area contributed by atoms with Crippen LogP contribution in [0, 0.1) is 20.8 Å². The van der Waals surface area contributed by atoms with E-state index in [-0.39, 0.29) is 18.0 Å². The lowest BCUT2D eigenvalue weighted by atomic mass is 10.0. The summed E-state index contributed by atoms with van der Waals surface area (Å²) in [6.07, 6.45) is 0. The van der Waals surface area contributed by atoms with E-state index >= 15 is 0 Å². The fourth-order valence-corrected chi connectivity index (χ4v) is 3.51. The Morgan fingerprint density at radius 1 is 0.867 bits per heavy atom. The minimum absolute atomic E-state index is 0.0964. The lowest BCUT2D eigenvalue weighted by Crippen LogP contribution is -2.13. The summed E-state index contributed by atoms with van der Waals surface area (Å²) in [7, 11) is 0. The molecule has 3 aromatic carbocycles. The minimum Gasteiger partial charge on any atom is -0.485 e. The van der Waals surface area contributed by atoms with Crippen LogP contribution in [0.15, 0.2) is 75.9 Å². The topological polar surface area (TPSA) is 56.5 Å². The average molecular weight is 398 g/mol. The maximum atomic E-state index is 12.7. The molecule has 4 nitrogen and oxygen atoms in total. The molecule has 4 rings (SSSR count). The Morgan fingerprint density at radius 2 is 1.53 bits per heavy atom. The number of hydrogen-bond donors (Lipinski definition) is 0. The molecule has 0 unspecified atom stereocenters. The number of aryl methyl sites for hydroxylation is 2. The van der Waals surface area contributed by atoms with Crippen molar-refractivity contribution in [2.24, 2.45) is 0 Å². The van der Waals surface area contributed by atoms with Crippen molar-refractivity contribution in [3.63, 3.8) is 0 Å². The van der Waals surface area contributed by atoms with Gasteiger partial charge in [-0.25, -0.2) is 4.79 Å². The van der Waals surface area contributed by atoms with Gasteiger partial charge >= 0.3 is 5.63 Å². The van der Waals surface area contributed by atoms with Crippen molar-refractivity contribution in [3.8, 4) is 16.9 Å². The van der Waals surface area contributed by atoms with Crippen molar-refractivity contribution in [2.75, 3.05) is 6.61 Å². The fourth-order valence-electron chi connectivity index (χ4n) is 3.51. The second-order valence-electron chi connectivity index (χ2n) is 7.43. The molecule has 0 N–H and O–H groups in total. The largest absolute Gasteiger partial charge is 0.485 e. The number of ether oxygens (including phenoxy) is 1. The summed E-state index contributed by atoms with van der Waals surface area (Å²) in [6, 6.07) is 21.2. The molecule has 0 amide bonds. The molecule has 0 saturated heterocycles. The van der Waals surface area contributed by atoms with Gasteiger partial charge in [0, 0.05) is 11.1 Å². The van der Waals surface area contributed by atoms with Crippen molar-refractivity contribution in [1.82, 2.24) is 0 Å². The lowest BCUT2D eigenvalue weighted by molar-refractivity contribution is 0.0922. The Hall–Kier alpha value is -3.66. The normalized spacial score (nSPS) is 10.9. The van der Waals surface area contributed by atoms with Gasteiger partial charge in [0.1, 0.15) is 11.3 Å². The van der Waals surface area contributed by atoms with Gasteiger partial charge < -0.3 is 9.15 Å². The van der Waals surface area contributed by atoms with E-state index in [4.69, 9.17) is 9.15 Å². The van der Waals surface area contributed by atoms with Gasteiger partial charge in [-0.15, -0.1) is 0 Å². The number of carbonyl (C=O) groups excluding carboxylic acids is 1. The number of Topliss-reactive ketones (excluding diaryl/α,β-unsaturated/α-hetero) is 1. The Balaban J connectivity index is 1.58. The highest BCUT2D eigenvalue weighted by molar-refractivity contribution is 5.98. The number of benzene rings is 3. The zero-order valence-corrected chi connectivity index (χ0v) is 17.2. The predicted molar refractivity (Wildman–Crippen MR) is 118 cm³/mol. The lowest BCUT2D eigenvalue weighted by Gasteiger charge is -2.12. The van der Waals surface area contributed by atoms with Crippen LogP contribution in [0.4, 0.5) is 0 Å². The predicted octanol–water partition coefficient (Wildman–Crippen LogP) is 5.65. The Kier molecular flexibility index (Phi) is 5.23. The van der Waals surface area contributed by atoms with E-state index in [1.807, 2.05) is 74.5 Å². The van der Waals surface area contributed by atoms with Crippen molar-refractivity contribution in [3.05, 3.63) is 99.4 Å². The van der Waals surface area contributed by atoms with Crippen molar-refractivity contribution in [1.29, 1.82) is 0 Å². The molecule has 1 aromatic heterocycles. The molecule has 0 spiro atoms. The van der Waals surface area contributed by atoms with Crippen molar-refractivity contribution in [2.45, 2.75) is 20.8 Å². The maximum absolute atomic E-state index is 12.7. The van der Waals surface area contributed by atoms with Gasteiger partial charge in [-0.05, 0) is 55.2 Å². The van der Waals surface area contributed by atoms with Gasteiger partial charge in [0.2, 0.25) is 0 Å². The highest BCUT2D eigenvalue weighted by Crippen LogP contribution is 2.31. The van der Waals surface area contributed by atoms with Crippen LogP contribution in [0.25, 0.3) is 22.1 Å². The number of rotatable bonds is 5. The highest BCUT2D eigenvalue weighted by Gasteiger charge is 2.15. The fraction of sp³-hybridized carbons (Fsp3) is 0.154. The molecule has 0 saturated carbocycles. The standard InChI is InChI=1S/C26H22O4/c1-16-13-23(25-17(2)18(3)26(28)30-24(25)14-16)29-15-22(27)21-11-9-20(10-12-21)19-7-5-4-6-8-19/h4-14H,15H2,1-3H3. The van der Waals surface area contributed by atoms with Crippen molar-refractivity contribution >= 4 is 16.8 Å². The van der Waals surface area contributed by atoms with E-state index in [0.717, 1.165) is 27.6 Å². The van der Waals surface area contributed by atoms with Crippen LogP contribution in [0.1, 0.15) is 27.0 Å². The molecule has 0 radical (unpaired) electrons. The molecule has 1 heterocycles. The smallest absolute Gasteiger partial charge is 0.339 e. The zero-order chi connectivity index (χ0) is 21.3. The van der Waals surface area contributed by atoms with Crippen LogP contribution in [-0.2, 0) is 0 Å². The molecule has 0 bridgehead atoms. The average Bonchev–Trinajstić information content (AvgIpc) is 2.76. The summed E-state index contributed by atoms with van der Waals surface area (Å²) in [5.74, 6) is 0.430. The van der Waals surface area contributed by atoms with Crippen molar-refractivity contribution < 1.29 is 13.9 Å². The van der Waals surface area contributed by atoms with Gasteiger partial charge in [-0.2, -0.15) is 0 Å². The SMILES string of the molecule is Cc1cc(OCC(=O)c2ccc(-c3ccccc3)cc2)c2c(C)c(C)c(=O)oc2c1. The van der Waals surface area contributed by atoms with Gasteiger partial charge in [0.25, 0.3) is 0 Å². The van der Waals surface area contributed by atoms with Gasteiger partial charge in [0.05, 0.1) is 5.39 Å². The maximum Gasteiger partial charge on any atom is 0.339 e. The molecule has 4 aromatic rings. The third-order valence-electron chi connectivity index (χ3n) is 5.33. The summed E-state index contributed by atoms with van der Waals surface area (Å²) >= 11 is 0. The van der Waals surface area contributed by atoms with Gasteiger partial charge in [-0.3, -0.25) is 4.79 Å². The first-order valence-electron chi connectivity index (χ1n) is 9.80. The third kappa shape index (κ3) is 3.77. The molecule has 0 fully saturated rings. The highest BCUT2D eigenvalue weighted by atomic mass is 16.5. The quantitative estimate of drug-likeness (QED) is 0.322. The Morgan fingerprint density at radius 3 is 2.23 bits per heavy atom. The van der Waals surface area contributed by atoms with Gasteiger partial charge in [0.15, 0.2) is 12.4 Å². The molecule has 150 valence electrons. The number of ketones is 1. The van der Waals surface area contributed by atoms with Crippen LogP contribution >= 0.6 is 0 Å². The first kappa shape index (κ1) is 19.6. The first-order chi connectivity index (χ1) is 14.4.